The molecule has 2 N–H and O–H groups in total. The molecule has 0 atom stereocenters. The Bertz CT molecular complexity index is 1400. The smallest absolute Gasteiger partial charge is 0.326 e. The first-order chi connectivity index (χ1) is 18.4. The molecule has 4 aromatic carbocycles. The Labute approximate surface area is 236 Å². The summed E-state index contributed by atoms with van der Waals surface area (Å²) in [6.07, 6.45) is 1.59. The van der Waals surface area contributed by atoms with Crippen LogP contribution >= 0.6 is 35.0 Å². The number of nitrogens with one attached hydrogen (secondary N) is 1. The third-order valence-electron chi connectivity index (χ3n) is 5.77. The van der Waals surface area contributed by atoms with Crippen LogP contribution in [0.3, 0.4) is 0 Å². The van der Waals surface area contributed by atoms with E-state index in [1.807, 2.05) is 66.7 Å². The van der Waals surface area contributed by atoms with Crippen LogP contribution in [0, 0.1) is 0 Å². The number of nitrogens with zero attached hydrogens (tertiary/aromatic N) is 1. The summed E-state index contributed by atoms with van der Waals surface area (Å²) in [7, 11) is 0. The number of rotatable bonds is 10. The number of halogens is 2. The predicted octanol–water partition coefficient (Wildman–Crippen LogP) is 8.44. The fourth-order valence-electron chi connectivity index (χ4n) is 3.92. The topological polar surface area (TPSA) is 69.6 Å². The maximum absolute atomic E-state index is 13.5. The molecule has 0 aromatic heterocycles. The average molecular weight is 566 g/mol. The lowest BCUT2D eigenvalue weighted by Crippen LogP contribution is -2.36. The van der Waals surface area contributed by atoms with Crippen LogP contribution < -0.4 is 10.2 Å². The molecule has 0 aliphatic rings. The summed E-state index contributed by atoms with van der Waals surface area (Å²) in [5.74, 6) is -0.859. The summed E-state index contributed by atoms with van der Waals surface area (Å²) in [4.78, 5) is 28.1. The third kappa shape index (κ3) is 7.78. The normalized spacial score (nSPS) is 10.7. The standard InChI is InChI=1S/C30H26Cl2N2O3S/c31-26-12-5-13-27(29(26)32)33-30(37)34(18-6-9-21-7-2-1-3-8-21)23-10-4-11-25(20-23)38-24-16-14-22(15-17-24)19-28(35)36/h1-5,7-8,10-17,20H,6,9,18-19H2,(H,33,37)(H,35,36). The van der Waals surface area contributed by atoms with Crippen LogP contribution in [-0.4, -0.2) is 23.7 Å². The molecule has 0 heterocycles. The Balaban J connectivity index is 1.53. The molecule has 2 amide bonds. The van der Waals surface area contributed by atoms with Gasteiger partial charge in [0.1, 0.15) is 0 Å². The largest absolute Gasteiger partial charge is 0.481 e. The van der Waals surface area contributed by atoms with Crippen LogP contribution in [0.2, 0.25) is 10.0 Å². The van der Waals surface area contributed by atoms with Crippen LogP contribution in [0.4, 0.5) is 16.2 Å². The van der Waals surface area contributed by atoms with Gasteiger partial charge in [-0.3, -0.25) is 9.69 Å². The molecule has 0 fully saturated rings. The highest BCUT2D eigenvalue weighted by Gasteiger charge is 2.18. The number of urea groups is 1. The van der Waals surface area contributed by atoms with E-state index in [0.29, 0.717) is 22.3 Å². The van der Waals surface area contributed by atoms with Gasteiger partial charge >= 0.3 is 12.0 Å². The molecule has 194 valence electrons. The van der Waals surface area contributed by atoms with Crippen LogP contribution in [0.1, 0.15) is 17.5 Å². The van der Waals surface area contributed by atoms with Gasteiger partial charge in [-0.25, -0.2) is 4.79 Å². The molecule has 38 heavy (non-hydrogen) atoms. The van der Waals surface area contributed by atoms with Crippen molar-refractivity contribution in [2.24, 2.45) is 0 Å². The zero-order valence-corrected chi connectivity index (χ0v) is 22.8. The number of carboxylic acid groups (broad SMARTS) is 1. The van der Waals surface area contributed by atoms with Gasteiger partial charge in [-0.15, -0.1) is 0 Å². The molecule has 0 bridgehead atoms. The SMILES string of the molecule is O=C(O)Cc1ccc(Sc2cccc(N(CCCc3ccccc3)C(=O)Nc3cccc(Cl)c3Cl)c2)cc1. The van der Waals surface area contributed by atoms with Crippen molar-refractivity contribution in [1.82, 2.24) is 0 Å². The summed E-state index contributed by atoms with van der Waals surface area (Å²) in [6, 6.07) is 30.2. The Morgan fingerprint density at radius 2 is 1.55 bits per heavy atom. The van der Waals surface area contributed by atoms with Gasteiger partial charge in [-0.05, 0) is 66.4 Å². The molecule has 0 spiro atoms. The van der Waals surface area contributed by atoms with Gasteiger partial charge < -0.3 is 10.4 Å². The number of anilines is 2. The minimum atomic E-state index is -0.859. The maximum Gasteiger partial charge on any atom is 0.326 e. The first-order valence-corrected chi connectivity index (χ1v) is 13.6. The monoisotopic (exact) mass is 564 g/mol. The molecule has 0 saturated heterocycles. The highest BCUT2D eigenvalue weighted by Crippen LogP contribution is 2.32. The number of benzene rings is 4. The number of carbonyl (C=O) groups is 2. The minimum absolute atomic E-state index is 0.00979. The molecule has 8 heteroatoms. The van der Waals surface area contributed by atoms with Gasteiger partial charge in [0, 0.05) is 22.0 Å². The van der Waals surface area contributed by atoms with Crippen molar-refractivity contribution >= 4 is 58.3 Å². The molecule has 0 radical (unpaired) electrons. The van der Waals surface area contributed by atoms with Crippen molar-refractivity contribution in [2.45, 2.75) is 29.1 Å². The lowest BCUT2D eigenvalue weighted by Gasteiger charge is -2.24. The van der Waals surface area contributed by atoms with Gasteiger partial charge in [0.15, 0.2) is 0 Å². The molecule has 4 aromatic rings. The number of carboxylic acids is 1. The van der Waals surface area contributed by atoms with Gasteiger partial charge in [0.25, 0.3) is 0 Å². The number of amides is 2. The van der Waals surface area contributed by atoms with E-state index in [2.05, 4.69) is 17.4 Å². The Morgan fingerprint density at radius 1 is 0.816 bits per heavy atom. The maximum atomic E-state index is 13.5. The van der Waals surface area contributed by atoms with Crippen molar-refractivity contribution in [2.75, 3.05) is 16.8 Å². The molecule has 0 aliphatic carbocycles. The van der Waals surface area contributed by atoms with Crippen LogP contribution in [-0.2, 0) is 17.6 Å². The molecule has 0 unspecified atom stereocenters. The first kappa shape index (κ1) is 27.6. The predicted molar refractivity (Wildman–Crippen MR) is 156 cm³/mol. The van der Waals surface area contributed by atoms with Crippen molar-refractivity contribution < 1.29 is 14.7 Å². The number of carbonyl (C=O) groups excluding carboxylic acids is 1. The van der Waals surface area contributed by atoms with E-state index < -0.39 is 5.97 Å². The lowest BCUT2D eigenvalue weighted by molar-refractivity contribution is -0.136. The zero-order valence-electron chi connectivity index (χ0n) is 20.4. The molecule has 0 aliphatic heterocycles. The average Bonchev–Trinajstić information content (AvgIpc) is 2.91. The van der Waals surface area contributed by atoms with Crippen LogP contribution in [0.15, 0.2) is 107 Å². The lowest BCUT2D eigenvalue weighted by atomic mass is 10.1. The van der Waals surface area contributed by atoms with E-state index in [9.17, 15) is 9.59 Å². The molecular formula is C30H26Cl2N2O3S. The summed E-state index contributed by atoms with van der Waals surface area (Å²) in [6.45, 7) is 0.497. The number of aliphatic carboxylic acids is 1. The van der Waals surface area contributed by atoms with Crippen molar-refractivity contribution in [1.29, 1.82) is 0 Å². The summed E-state index contributed by atoms with van der Waals surface area (Å²) < 4.78 is 0. The van der Waals surface area contributed by atoms with Gasteiger partial charge in [-0.1, -0.05) is 89.6 Å². The Hall–Kier alpha value is -3.45. The zero-order chi connectivity index (χ0) is 26.9. The number of aryl methyl sites for hydroxylation is 1. The quantitative estimate of drug-likeness (QED) is 0.203. The number of hydrogen-bond donors (Lipinski definition) is 2. The highest BCUT2D eigenvalue weighted by atomic mass is 35.5. The van der Waals surface area contributed by atoms with Crippen LogP contribution in [0.5, 0.6) is 0 Å². The fourth-order valence-corrected chi connectivity index (χ4v) is 5.14. The minimum Gasteiger partial charge on any atom is -0.481 e. The Kier molecular flexibility index (Phi) is 9.71. The van der Waals surface area contributed by atoms with E-state index in [1.165, 1.54) is 5.56 Å². The first-order valence-electron chi connectivity index (χ1n) is 12.0. The van der Waals surface area contributed by atoms with Gasteiger partial charge in [0.05, 0.1) is 22.2 Å². The van der Waals surface area contributed by atoms with E-state index in [-0.39, 0.29) is 12.5 Å². The summed E-state index contributed by atoms with van der Waals surface area (Å²) in [5.41, 5.74) is 3.16. The van der Waals surface area contributed by atoms with Gasteiger partial charge in [-0.2, -0.15) is 0 Å². The highest BCUT2D eigenvalue weighted by molar-refractivity contribution is 7.99. The second-order valence-electron chi connectivity index (χ2n) is 8.59. The second kappa shape index (κ2) is 13.4. The summed E-state index contributed by atoms with van der Waals surface area (Å²) in [5, 5.41) is 12.6. The number of hydrogen-bond acceptors (Lipinski definition) is 3. The van der Waals surface area contributed by atoms with Gasteiger partial charge in [0.2, 0.25) is 0 Å². The van der Waals surface area contributed by atoms with Crippen LogP contribution in [0.25, 0.3) is 0 Å². The fraction of sp³-hybridized carbons (Fsp3) is 0.133. The molecule has 4 rings (SSSR count). The molecule has 5 nitrogen and oxygen atoms in total. The summed E-state index contributed by atoms with van der Waals surface area (Å²) >= 11 is 14.0. The molecule has 0 saturated carbocycles. The second-order valence-corrected chi connectivity index (χ2v) is 10.5. The van der Waals surface area contributed by atoms with Crippen molar-refractivity contribution in [3.8, 4) is 0 Å². The van der Waals surface area contributed by atoms with Crippen molar-refractivity contribution in [3.63, 3.8) is 0 Å². The Morgan fingerprint density at radius 3 is 2.29 bits per heavy atom. The van der Waals surface area contributed by atoms with E-state index in [0.717, 1.165) is 33.9 Å². The molecular weight excluding hydrogens is 539 g/mol. The van der Waals surface area contributed by atoms with E-state index in [1.54, 1.807) is 34.9 Å². The third-order valence-corrected chi connectivity index (χ3v) is 7.59. The van der Waals surface area contributed by atoms with Crippen molar-refractivity contribution in [3.05, 3.63) is 118 Å². The van der Waals surface area contributed by atoms with E-state index >= 15 is 0 Å². The van der Waals surface area contributed by atoms with E-state index in [4.69, 9.17) is 28.3 Å².